The van der Waals surface area contributed by atoms with Gasteiger partial charge in [-0.3, -0.25) is 0 Å². The van der Waals surface area contributed by atoms with E-state index in [9.17, 15) is 9.18 Å². The maximum atomic E-state index is 12.8. The lowest BCUT2D eigenvalue weighted by Crippen LogP contribution is -2.42. The maximum absolute atomic E-state index is 12.8. The van der Waals surface area contributed by atoms with Crippen LogP contribution in [0.5, 0.6) is 0 Å². The van der Waals surface area contributed by atoms with Crippen molar-refractivity contribution in [2.24, 2.45) is 0 Å². The van der Waals surface area contributed by atoms with Crippen molar-refractivity contribution in [1.29, 1.82) is 0 Å². The van der Waals surface area contributed by atoms with E-state index in [1.54, 1.807) is 4.90 Å². The Bertz CT molecular complexity index is 444. The third kappa shape index (κ3) is 4.09. The molecule has 0 aliphatic rings. The fourth-order valence-corrected chi connectivity index (χ4v) is 1.87. The molecule has 0 N–H and O–H groups in total. The Kier molecular flexibility index (Phi) is 5.10. The van der Waals surface area contributed by atoms with Gasteiger partial charge in [0, 0.05) is 17.6 Å². The molecule has 0 aliphatic carbocycles. The highest BCUT2D eigenvalue weighted by atomic mass is 19.1. The average Bonchev–Trinajstić information content (AvgIpc) is 2.28. The van der Waals surface area contributed by atoms with E-state index in [1.165, 1.54) is 24.3 Å². The molecule has 0 aromatic heterocycles. The fourth-order valence-electron chi connectivity index (χ4n) is 1.87. The van der Waals surface area contributed by atoms with Gasteiger partial charge in [-0.1, -0.05) is 6.58 Å². The Labute approximate surface area is 113 Å². The molecule has 1 amide bonds. The molecule has 19 heavy (non-hydrogen) atoms. The molecule has 0 heterocycles. The molecule has 0 bridgehead atoms. The van der Waals surface area contributed by atoms with Crippen LogP contribution < -0.4 is 0 Å². The number of carbonyl (C=O) groups is 1. The maximum Gasteiger partial charge on any atom is 0.415 e. The number of ether oxygens (including phenoxy) is 1. The van der Waals surface area contributed by atoms with Gasteiger partial charge < -0.3 is 9.64 Å². The van der Waals surface area contributed by atoms with E-state index in [0.717, 1.165) is 0 Å². The summed E-state index contributed by atoms with van der Waals surface area (Å²) in [4.78, 5) is 13.7. The van der Waals surface area contributed by atoms with Crippen molar-refractivity contribution in [1.82, 2.24) is 4.90 Å². The van der Waals surface area contributed by atoms with Gasteiger partial charge in [0.1, 0.15) is 11.6 Å². The van der Waals surface area contributed by atoms with Crippen LogP contribution in [0.1, 0.15) is 33.3 Å². The van der Waals surface area contributed by atoms with Gasteiger partial charge >= 0.3 is 6.09 Å². The Morgan fingerprint density at radius 1 is 1.16 bits per heavy atom. The SMILES string of the molecule is C=C(OC(=O)N(C(C)C)C(C)C)c1ccc(F)cc1. The first-order valence-electron chi connectivity index (χ1n) is 6.28. The monoisotopic (exact) mass is 265 g/mol. The minimum Gasteiger partial charge on any atom is -0.410 e. The molecule has 0 unspecified atom stereocenters. The van der Waals surface area contributed by atoms with E-state index >= 15 is 0 Å². The lowest BCUT2D eigenvalue weighted by molar-refractivity contribution is 0.115. The zero-order valence-electron chi connectivity index (χ0n) is 11.8. The first-order valence-corrected chi connectivity index (χ1v) is 6.28. The van der Waals surface area contributed by atoms with Gasteiger partial charge in [0.05, 0.1) is 0 Å². The van der Waals surface area contributed by atoms with E-state index in [-0.39, 0.29) is 23.7 Å². The molecule has 0 atom stereocenters. The number of amides is 1. The Balaban J connectivity index is 2.76. The largest absolute Gasteiger partial charge is 0.415 e. The first-order chi connectivity index (χ1) is 8.82. The smallest absolute Gasteiger partial charge is 0.410 e. The summed E-state index contributed by atoms with van der Waals surface area (Å²) in [7, 11) is 0. The van der Waals surface area contributed by atoms with Gasteiger partial charge in [-0.15, -0.1) is 0 Å². The Morgan fingerprint density at radius 3 is 2.05 bits per heavy atom. The number of hydrogen-bond acceptors (Lipinski definition) is 2. The van der Waals surface area contributed by atoms with Crippen LogP contribution in [0, 0.1) is 5.82 Å². The van der Waals surface area contributed by atoms with Crippen molar-refractivity contribution in [2.75, 3.05) is 0 Å². The number of benzene rings is 1. The van der Waals surface area contributed by atoms with E-state index in [0.29, 0.717) is 5.56 Å². The highest BCUT2D eigenvalue weighted by molar-refractivity contribution is 5.76. The molecule has 0 aliphatic heterocycles. The molecule has 0 fully saturated rings. The normalized spacial score (nSPS) is 10.7. The summed E-state index contributed by atoms with van der Waals surface area (Å²) in [5.74, 6) is -0.120. The Morgan fingerprint density at radius 2 is 1.63 bits per heavy atom. The third-order valence-electron chi connectivity index (χ3n) is 2.70. The van der Waals surface area contributed by atoms with E-state index in [2.05, 4.69) is 6.58 Å². The second kappa shape index (κ2) is 6.36. The van der Waals surface area contributed by atoms with Crippen LogP contribution in [0.4, 0.5) is 9.18 Å². The van der Waals surface area contributed by atoms with Crippen molar-refractivity contribution < 1.29 is 13.9 Å². The molecular formula is C15H20FNO2. The van der Waals surface area contributed by atoms with Crippen LogP contribution in [-0.4, -0.2) is 23.1 Å². The van der Waals surface area contributed by atoms with Crippen molar-refractivity contribution in [3.63, 3.8) is 0 Å². The highest BCUT2D eigenvalue weighted by Crippen LogP contribution is 2.17. The van der Waals surface area contributed by atoms with Crippen LogP contribution in [-0.2, 0) is 4.74 Å². The molecule has 0 saturated heterocycles. The van der Waals surface area contributed by atoms with Crippen LogP contribution in [0.15, 0.2) is 30.8 Å². The second-order valence-corrected chi connectivity index (χ2v) is 4.89. The topological polar surface area (TPSA) is 29.5 Å². The number of hydrogen-bond donors (Lipinski definition) is 0. The zero-order valence-corrected chi connectivity index (χ0v) is 11.8. The quantitative estimate of drug-likeness (QED) is 0.768. The summed E-state index contributed by atoms with van der Waals surface area (Å²) in [6.07, 6.45) is -0.445. The number of halogens is 1. The summed E-state index contributed by atoms with van der Waals surface area (Å²) in [5, 5.41) is 0. The van der Waals surface area contributed by atoms with Gasteiger partial charge in [0.25, 0.3) is 0 Å². The van der Waals surface area contributed by atoms with E-state index in [4.69, 9.17) is 4.74 Å². The van der Waals surface area contributed by atoms with Crippen LogP contribution in [0.3, 0.4) is 0 Å². The van der Waals surface area contributed by atoms with Gasteiger partial charge in [0.15, 0.2) is 0 Å². The van der Waals surface area contributed by atoms with Crippen molar-refractivity contribution in [3.05, 3.63) is 42.2 Å². The predicted octanol–water partition coefficient (Wildman–Crippen LogP) is 4.05. The highest BCUT2D eigenvalue weighted by Gasteiger charge is 2.22. The zero-order chi connectivity index (χ0) is 14.6. The molecule has 4 heteroatoms. The summed E-state index contributed by atoms with van der Waals surface area (Å²) in [6, 6.07) is 5.73. The van der Waals surface area contributed by atoms with Gasteiger partial charge in [-0.2, -0.15) is 0 Å². The number of carbonyl (C=O) groups excluding carboxylic acids is 1. The minimum absolute atomic E-state index is 0.0357. The predicted molar refractivity (Wildman–Crippen MR) is 74.0 cm³/mol. The average molecular weight is 265 g/mol. The number of rotatable bonds is 4. The molecule has 1 aromatic rings. The molecule has 104 valence electrons. The molecule has 0 spiro atoms. The lowest BCUT2D eigenvalue weighted by atomic mass is 10.2. The summed E-state index contributed by atoms with van der Waals surface area (Å²) in [6.45, 7) is 11.4. The Hall–Kier alpha value is -1.84. The van der Waals surface area contributed by atoms with Crippen LogP contribution in [0.25, 0.3) is 5.76 Å². The lowest BCUT2D eigenvalue weighted by Gasteiger charge is -2.29. The summed E-state index contributed by atoms with van der Waals surface area (Å²) < 4.78 is 18.0. The molecule has 1 aromatic carbocycles. The van der Waals surface area contributed by atoms with Crippen molar-refractivity contribution in [3.8, 4) is 0 Å². The standard InChI is InChI=1S/C15H20FNO2/c1-10(2)17(11(3)4)15(18)19-12(5)13-6-8-14(16)9-7-13/h6-11H,5H2,1-4H3. The van der Waals surface area contributed by atoms with Crippen LogP contribution >= 0.6 is 0 Å². The van der Waals surface area contributed by atoms with Crippen molar-refractivity contribution in [2.45, 2.75) is 39.8 Å². The van der Waals surface area contributed by atoms with Gasteiger partial charge in [0.2, 0.25) is 0 Å². The minimum atomic E-state index is -0.445. The molecule has 0 saturated carbocycles. The molecule has 1 rings (SSSR count). The van der Waals surface area contributed by atoms with Crippen LogP contribution in [0.2, 0.25) is 0 Å². The van der Waals surface area contributed by atoms with Gasteiger partial charge in [-0.25, -0.2) is 9.18 Å². The molecule has 3 nitrogen and oxygen atoms in total. The third-order valence-corrected chi connectivity index (χ3v) is 2.70. The summed E-state index contributed by atoms with van der Waals surface area (Å²) in [5.41, 5.74) is 0.585. The van der Waals surface area contributed by atoms with Gasteiger partial charge in [-0.05, 0) is 52.0 Å². The summed E-state index contributed by atoms with van der Waals surface area (Å²) >= 11 is 0. The van der Waals surface area contributed by atoms with E-state index in [1.807, 2.05) is 27.7 Å². The fraction of sp³-hybridized carbons (Fsp3) is 0.400. The molecular weight excluding hydrogens is 245 g/mol. The second-order valence-electron chi connectivity index (χ2n) is 4.89. The van der Waals surface area contributed by atoms with Crippen molar-refractivity contribution >= 4 is 11.9 Å². The number of nitrogens with zero attached hydrogens (tertiary/aromatic N) is 1. The first kappa shape index (κ1) is 15.2. The van der Waals surface area contributed by atoms with E-state index < -0.39 is 6.09 Å². The molecule has 0 radical (unpaired) electrons.